The highest BCUT2D eigenvalue weighted by atomic mass is 15.0. The van der Waals surface area contributed by atoms with Crippen molar-refractivity contribution < 1.29 is 0 Å². The Hall–Kier alpha value is -7.68. The molecule has 0 radical (unpaired) electrons. The Kier molecular flexibility index (Phi) is 8.24. The zero-order chi connectivity index (χ0) is 40.3. The van der Waals surface area contributed by atoms with Gasteiger partial charge in [0.25, 0.3) is 0 Å². The van der Waals surface area contributed by atoms with Gasteiger partial charge in [-0.05, 0) is 101 Å². The van der Waals surface area contributed by atoms with E-state index in [0.29, 0.717) is 6.42 Å². The molecule has 2 aliphatic carbocycles. The first-order valence-electron chi connectivity index (χ1n) is 21.2. The number of nitrogens with zero attached hydrogens (tertiary/aromatic N) is 2. The Morgan fingerprint density at radius 1 is 0.328 bits per heavy atom. The van der Waals surface area contributed by atoms with E-state index in [2.05, 4.69) is 218 Å². The minimum absolute atomic E-state index is 0.0967. The molecule has 0 amide bonds. The SMILES string of the molecule is c1ccc(C2=NC(c3cccc(-c4ccc5c(c4)C4(c6ccccc6-c6ccccc6-c6ccccc64)c4ccccc4-5)c3)CC(c3ccc(-c4ccccc4)cc3)=N2)cc1. The molecule has 2 nitrogen and oxygen atoms in total. The lowest BCUT2D eigenvalue weighted by atomic mass is 9.65. The van der Waals surface area contributed by atoms with Crippen molar-refractivity contribution in [2.45, 2.75) is 17.9 Å². The van der Waals surface area contributed by atoms with Crippen molar-refractivity contribution in [3.63, 3.8) is 0 Å². The van der Waals surface area contributed by atoms with Crippen LogP contribution < -0.4 is 0 Å². The van der Waals surface area contributed by atoms with Gasteiger partial charge in [0, 0.05) is 12.0 Å². The fourth-order valence-electron chi connectivity index (χ4n) is 10.3. The summed E-state index contributed by atoms with van der Waals surface area (Å²) in [6.07, 6.45) is 0.710. The topological polar surface area (TPSA) is 24.7 Å². The average Bonchev–Trinajstić information content (AvgIpc) is 3.58. The van der Waals surface area contributed by atoms with Crippen molar-refractivity contribution in [2.24, 2.45) is 9.98 Å². The Bertz CT molecular complexity index is 3140. The van der Waals surface area contributed by atoms with Gasteiger partial charge in [-0.1, -0.05) is 212 Å². The van der Waals surface area contributed by atoms with Crippen LogP contribution in [0.25, 0.3) is 55.6 Å². The predicted molar refractivity (Wildman–Crippen MR) is 252 cm³/mol. The first-order chi connectivity index (χ1) is 30.2. The van der Waals surface area contributed by atoms with Gasteiger partial charge in [0.1, 0.15) is 0 Å². The zero-order valence-corrected chi connectivity index (χ0v) is 33.5. The molecular weight excluding hydrogens is 737 g/mol. The number of amidine groups is 1. The highest BCUT2D eigenvalue weighted by Gasteiger charge is 2.49. The van der Waals surface area contributed by atoms with Gasteiger partial charge >= 0.3 is 0 Å². The maximum Gasteiger partial charge on any atom is 0.155 e. The first-order valence-corrected chi connectivity index (χ1v) is 21.2. The van der Waals surface area contributed by atoms with E-state index < -0.39 is 5.41 Å². The molecule has 286 valence electrons. The van der Waals surface area contributed by atoms with E-state index in [-0.39, 0.29) is 6.04 Å². The van der Waals surface area contributed by atoms with Crippen molar-refractivity contribution in [3.05, 3.63) is 263 Å². The molecular formula is C59H40N2. The van der Waals surface area contributed by atoms with Gasteiger partial charge in [-0.25, -0.2) is 4.99 Å². The van der Waals surface area contributed by atoms with Crippen molar-refractivity contribution in [1.82, 2.24) is 0 Å². The van der Waals surface area contributed by atoms with Crippen LogP contribution in [0.1, 0.15) is 51.4 Å². The largest absolute Gasteiger partial charge is 0.258 e. The van der Waals surface area contributed by atoms with Gasteiger partial charge in [-0.2, -0.15) is 0 Å². The summed E-state index contributed by atoms with van der Waals surface area (Å²) in [4.78, 5) is 10.6. The molecule has 1 atom stereocenters. The summed E-state index contributed by atoms with van der Waals surface area (Å²) >= 11 is 0. The number of benzene rings is 9. The normalized spacial score (nSPS) is 15.3. The maximum atomic E-state index is 5.36. The molecule has 9 aromatic carbocycles. The molecule has 0 aromatic heterocycles. The van der Waals surface area contributed by atoms with Gasteiger partial charge in [-0.3, -0.25) is 4.99 Å². The van der Waals surface area contributed by atoms with Crippen molar-refractivity contribution in [1.29, 1.82) is 0 Å². The van der Waals surface area contributed by atoms with E-state index >= 15 is 0 Å². The Morgan fingerprint density at radius 2 is 0.770 bits per heavy atom. The van der Waals surface area contributed by atoms with Crippen LogP contribution in [0.5, 0.6) is 0 Å². The number of hydrogen-bond donors (Lipinski definition) is 0. The lowest BCUT2D eigenvalue weighted by molar-refractivity contribution is 0.754. The maximum absolute atomic E-state index is 5.36. The quantitative estimate of drug-likeness (QED) is 0.166. The summed E-state index contributed by atoms with van der Waals surface area (Å²) in [6, 6.07) is 82.1. The third-order valence-corrected chi connectivity index (χ3v) is 13.1. The highest BCUT2D eigenvalue weighted by Crippen LogP contribution is 2.61. The standard InChI is InChI=1S/C59H40N2/c1-3-16-39(17-4-1)40-30-32-41(33-31-40)56-38-57(61-58(60-56)42-18-5-2-6-19-42)45-21-15-20-43(36-45)44-34-35-51-50-26-11-14-29-54(50)59(55(51)37-44)52-27-12-9-24-48(52)46-22-7-8-23-47(46)49-25-10-13-28-53(49)59/h1-37,57H,38H2. The van der Waals surface area contributed by atoms with E-state index in [0.717, 1.165) is 22.7 Å². The minimum atomic E-state index is -0.522. The molecule has 9 aromatic rings. The fraction of sp³-hybridized carbons (Fsp3) is 0.0508. The van der Waals surface area contributed by atoms with Gasteiger partial charge in [-0.15, -0.1) is 0 Å². The van der Waals surface area contributed by atoms with Gasteiger partial charge in [0.15, 0.2) is 5.84 Å². The lowest BCUT2D eigenvalue weighted by Gasteiger charge is -2.35. The number of hydrogen-bond acceptors (Lipinski definition) is 2. The number of aliphatic imine (C=N–C) groups is 2. The second kappa shape index (κ2) is 14.3. The van der Waals surface area contributed by atoms with Crippen LogP contribution in [-0.4, -0.2) is 11.5 Å². The summed E-state index contributed by atoms with van der Waals surface area (Å²) in [7, 11) is 0. The van der Waals surface area contributed by atoms with E-state index in [4.69, 9.17) is 9.98 Å². The minimum Gasteiger partial charge on any atom is -0.258 e. The van der Waals surface area contributed by atoms with Crippen LogP contribution in [-0.2, 0) is 5.41 Å². The van der Waals surface area contributed by atoms with Gasteiger partial charge < -0.3 is 0 Å². The van der Waals surface area contributed by atoms with Crippen molar-refractivity contribution in [2.75, 3.05) is 0 Å². The third kappa shape index (κ3) is 5.64. The molecule has 1 unspecified atom stereocenters. The zero-order valence-electron chi connectivity index (χ0n) is 33.5. The molecule has 2 heteroatoms. The monoisotopic (exact) mass is 776 g/mol. The predicted octanol–water partition coefficient (Wildman–Crippen LogP) is 14.4. The van der Waals surface area contributed by atoms with Gasteiger partial charge in [0.05, 0.1) is 17.2 Å². The molecule has 0 fully saturated rings. The van der Waals surface area contributed by atoms with E-state index in [1.807, 2.05) is 6.07 Å². The second-order valence-corrected chi connectivity index (χ2v) is 16.4. The molecule has 1 aliphatic heterocycles. The van der Waals surface area contributed by atoms with Crippen LogP contribution in [0.4, 0.5) is 0 Å². The Labute approximate surface area is 356 Å². The Balaban J connectivity index is 0.993. The summed E-state index contributed by atoms with van der Waals surface area (Å²) < 4.78 is 0. The van der Waals surface area contributed by atoms with E-state index in [9.17, 15) is 0 Å². The molecule has 0 saturated heterocycles. The first kappa shape index (κ1) is 35.3. The van der Waals surface area contributed by atoms with Crippen molar-refractivity contribution in [3.8, 4) is 55.6 Å². The molecule has 1 heterocycles. The summed E-state index contributed by atoms with van der Waals surface area (Å²) in [5, 5.41) is 0. The molecule has 1 spiro atoms. The number of fused-ring (bicyclic) bond motifs is 12. The molecule has 0 N–H and O–H groups in total. The lowest BCUT2D eigenvalue weighted by Crippen LogP contribution is -2.29. The van der Waals surface area contributed by atoms with Gasteiger partial charge in [0.2, 0.25) is 0 Å². The molecule has 0 saturated carbocycles. The summed E-state index contributed by atoms with van der Waals surface area (Å²) in [5.74, 6) is 0.772. The second-order valence-electron chi connectivity index (χ2n) is 16.4. The highest BCUT2D eigenvalue weighted by molar-refractivity contribution is 6.14. The van der Waals surface area contributed by atoms with Crippen LogP contribution in [0.15, 0.2) is 234 Å². The molecule has 3 aliphatic rings. The van der Waals surface area contributed by atoms with E-state index in [1.54, 1.807) is 0 Å². The van der Waals surface area contributed by atoms with Crippen LogP contribution >= 0.6 is 0 Å². The van der Waals surface area contributed by atoms with Crippen LogP contribution in [0, 0.1) is 0 Å². The molecule has 0 bridgehead atoms. The van der Waals surface area contributed by atoms with Crippen molar-refractivity contribution >= 4 is 11.5 Å². The van der Waals surface area contributed by atoms with Crippen LogP contribution in [0.2, 0.25) is 0 Å². The summed E-state index contributed by atoms with van der Waals surface area (Å²) in [6.45, 7) is 0. The Morgan fingerprint density at radius 3 is 1.39 bits per heavy atom. The van der Waals surface area contributed by atoms with Crippen LogP contribution in [0.3, 0.4) is 0 Å². The molecule has 61 heavy (non-hydrogen) atoms. The third-order valence-electron chi connectivity index (χ3n) is 13.1. The average molecular weight is 777 g/mol. The fourth-order valence-corrected chi connectivity index (χ4v) is 10.3. The van der Waals surface area contributed by atoms with E-state index in [1.165, 1.54) is 83.5 Å². The number of rotatable bonds is 5. The summed E-state index contributed by atoms with van der Waals surface area (Å²) in [5.41, 5.74) is 21.6. The molecule has 12 rings (SSSR count). The smallest absolute Gasteiger partial charge is 0.155 e.